The van der Waals surface area contributed by atoms with Crippen molar-refractivity contribution < 1.29 is 38.0 Å². The summed E-state index contributed by atoms with van der Waals surface area (Å²) in [5, 5.41) is 15.1. The summed E-state index contributed by atoms with van der Waals surface area (Å²) in [6.07, 6.45) is 2.47. The molecule has 102 valence electrons. The van der Waals surface area contributed by atoms with Crippen LogP contribution in [0, 0.1) is 0 Å². The number of hydrogen-bond donors (Lipinski definition) is 2. The average Bonchev–Trinajstić information content (AvgIpc) is 2.30. The Morgan fingerprint density at radius 1 is 1.24 bits per heavy atom. The topological polar surface area (TPSA) is 85.2 Å². The molecule has 0 heterocycles. The van der Waals surface area contributed by atoms with Crippen LogP contribution in [0.3, 0.4) is 0 Å². The van der Waals surface area contributed by atoms with Gasteiger partial charge in [-0.15, -0.1) is 4.33 Å². The van der Waals surface area contributed by atoms with E-state index < -0.39 is 23.3 Å². The Hall–Kier alpha value is -0.480. The first-order valence-electron chi connectivity index (χ1n) is 4.86. The quantitative estimate of drug-likeness (QED) is 0.207. The standard InChI is InChI=1S/C8H14F2O6S/c9-8(10,17-16-15-13)7(12)14-6-4-2-1-3-5-11/h11,13H,1-6H2. The molecule has 6 nitrogen and oxygen atoms in total. The van der Waals surface area contributed by atoms with Gasteiger partial charge in [0.2, 0.25) is 0 Å². The molecule has 0 radical (unpaired) electrons. The van der Waals surface area contributed by atoms with Crippen LogP contribution in [0.25, 0.3) is 0 Å². The highest BCUT2D eigenvalue weighted by molar-refractivity contribution is 7.96. The number of unbranched alkanes of at least 4 members (excludes halogenated alkanes) is 3. The van der Waals surface area contributed by atoms with E-state index in [-0.39, 0.29) is 13.2 Å². The van der Waals surface area contributed by atoms with Crippen molar-refractivity contribution in [3.8, 4) is 0 Å². The van der Waals surface area contributed by atoms with E-state index in [9.17, 15) is 13.6 Å². The Morgan fingerprint density at radius 3 is 2.47 bits per heavy atom. The van der Waals surface area contributed by atoms with Crippen molar-refractivity contribution in [2.45, 2.75) is 30.9 Å². The van der Waals surface area contributed by atoms with Gasteiger partial charge >= 0.3 is 11.2 Å². The molecule has 0 aromatic carbocycles. The molecule has 0 aromatic rings. The van der Waals surface area contributed by atoms with Gasteiger partial charge in [0.1, 0.15) is 12.0 Å². The molecule has 0 saturated carbocycles. The van der Waals surface area contributed by atoms with Crippen molar-refractivity contribution in [2.24, 2.45) is 0 Å². The summed E-state index contributed by atoms with van der Waals surface area (Å²) in [4.78, 5) is 10.8. The number of carbonyl (C=O) groups is 1. The van der Waals surface area contributed by atoms with Crippen molar-refractivity contribution >= 4 is 18.0 Å². The zero-order valence-electron chi connectivity index (χ0n) is 8.93. The SMILES string of the molecule is O=C(OCCCCCCO)C(F)(F)SOOO. The van der Waals surface area contributed by atoms with E-state index in [0.717, 1.165) is 6.42 Å². The second-order valence-electron chi connectivity index (χ2n) is 3.02. The maximum Gasteiger partial charge on any atom is 0.415 e. The first-order chi connectivity index (χ1) is 8.04. The molecule has 17 heavy (non-hydrogen) atoms. The zero-order chi connectivity index (χ0) is 13.1. The van der Waals surface area contributed by atoms with Crippen LogP contribution in [-0.4, -0.2) is 34.8 Å². The molecule has 0 spiro atoms. The minimum absolute atomic E-state index is 0.0764. The highest BCUT2D eigenvalue weighted by Gasteiger charge is 2.44. The summed E-state index contributed by atoms with van der Waals surface area (Å²) in [5.41, 5.74) is 0. The maximum atomic E-state index is 12.8. The van der Waals surface area contributed by atoms with Gasteiger partial charge in [-0.2, -0.15) is 8.78 Å². The number of aliphatic hydroxyl groups excluding tert-OH is 1. The maximum absolute atomic E-state index is 12.8. The van der Waals surface area contributed by atoms with Gasteiger partial charge < -0.3 is 9.84 Å². The molecule has 0 fully saturated rings. The Bertz CT molecular complexity index is 216. The third-order valence-electron chi connectivity index (χ3n) is 1.69. The second-order valence-corrected chi connectivity index (χ2v) is 3.83. The molecule has 0 aromatic heterocycles. The fourth-order valence-corrected chi connectivity index (χ4v) is 1.15. The molecule has 0 rings (SSSR count). The van der Waals surface area contributed by atoms with E-state index in [1.54, 1.807) is 0 Å². The van der Waals surface area contributed by atoms with Crippen molar-refractivity contribution in [1.82, 2.24) is 0 Å². The van der Waals surface area contributed by atoms with Gasteiger partial charge in [-0.1, -0.05) is 11.5 Å². The molecule has 0 unspecified atom stereocenters. The van der Waals surface area contributed by atoms with Gasteiger partial charge in [0.25, 0.3) is 0 Å². The Balaban J connectivity index is 3.62. The summed E-state index contributed by atoms with van der Waals surface area (Å²) < 4.78 is 33.3. The molecule has 0 aliphatic carbocycles. The third kappa shape index (κ3) is 8.27. The average molecular weight is 276 g/mol. The zero-order valence-corrected chi connectivity index (χ0v) is 9.75. The predicted octanol–water partition coefficient (Wildman–Crippen LogP) is 1.74. The largest absolute Gasteiger partial charge is 0.460 e. The third-order valence-corrected chi connectivity index (χ3v) is 2.20. The first-order valence-corrected chi connectivity index (χ1v) is 5.60. The molecule has 9 heteroatoms. The smallest absolute Gasteiger partial charge is 0.415 e. The van der Waals surface area contributed by atoms with E-state index >= 15 is 0 Å². The number of halogens is 2. The number of esters is 1. The minimum Gasteiger partial charge on any atom is -0.460 e. The van der Waals surface area contributed by atoms with Crippen LogP contribution in [0.4, 0.5) is 8.78 Å². The highest BCUT2D eigenvalue weighted by Crippen LogP contribution is 2.31. The Kier molecular flexibility index (Phi) is 9.27. The van der Waals surface area contributed by atoms with E-state index in [4.69, 9.17) is 10.4 Å². The summed E-state index contributed by atoms with van der Waals surface area (Å²) in [7, 11) is 0. The fourth-order valence-electron chi connectivity index (χ4n) is 0.908. The summed E-state index contributed by atoms with van der Waals surface area (Å²) >= 11 is -0.654. The van der Waals surface area contributed by atoms with Crippen LogP contribution in [0.15, 0.2) is 0 Å². The summed E-state index contributed by atoms with van der Waals surface area (Å²) in [6, 6.07) is 0. The fraction of sp³-hybridized carbons (Fsp3) is 0.875. The van der Waals surface area contributed by atoms with E-state index in [0.29, 0.717) is 19.3 Å². The van der Waals surface area contributed by atoms with Crippen LogP contribution >= 0.6 is 12.0 Å². The molecule has 0 bridgehead atoms. The van der Waals surface area contributed by atoms with Crippen molar-refractivity contribution in [3.63, 3.8) is 0 Å². The molecule has 0 atom stereocenters. The Labute approximate surface area is 101 Å². The number of aliphatic hydroxyl groups is 1. The predicted molar refractivity (Wildman–Crippen MR) is 53.8 cm³/mol. The van der Waals surface area contributed by atoms with Gasteiger partial charge in [-0.05, 0) is 19.3 Å². The lowest BCUT2D eigenvalue weighted by molar-refractivity contribution is -0.433. The lowest BCUT2D eigenvalue weighted by Gasteiger charge is -2.11. The van der Waals surface area contributed by atoms with Crippen LogP contribution < -0.4 is 0 Å². The molecular formula is C8H14F2O6S. The van der Waals surface area contributed by atoms with E-state index in [2.05, 4.69) is 14.1 Å². The number of carbonyl (C=O) groups excluding carboxylic acids is 1. The summed E-state index contributed by atoms with van der Waals surface area (Å²) in [5.74, 6) is -1.76. The number of ether oxygens (including phenoxy) is 1. The van der Waals surface area contributed by atoms with Gasteiger partial charge in [0.15, 0.2) is 0 Å². The van der Waals surface area contributed by atoms with Crippen LogP contribution in [-0.2, 0) is 18.9 Å². The lowest BCUT2D eigenvalue weighted by atomic mass is 10.2. The molecule has 0 aliphatic heterocycles. The molecule has 2 N–H and O–H groups in total. The molecule has 0 saturated heterocycles. The second kappa shape index (κ2) is 9.54. The van der Waals surface area contributed by atoms with Crippen molar-refractivity contribution in [2.75, 3.05) is 13.2 Å². The normalized spacial score (nSPS) is 11.5. The number of alkyl halides is 2. The number of rotatable bonds is 10. The molecular weight excluding hydrogens is 262 g/mol. The van der Waals surface area contributed by atoms with Crippen molar-refractivity contribution in [1.29, 1.82) is 0 Å². The van der Waals surface area contributed by atoms with Gasteiger partial charge in [0.05, 0.1) is 6.61 Å². The van der Waals surface area contributed by atoms with Gasteiger partial charge in [-0.25, -0.2) is 10.1 Å². The van der Waals surface area contributed by atoms with E-state index in [1.165, 1.54) is 0 Å². The Morgan fingerprint density at radius 2 is 1.88 bits per heavy atom. The van der Waals surface area contributed by atoms with Crippen LogP contribution in [0.5, 0.6) is 0 Å². The van der Waals surface area contributed by atoms with Gasteiger partial charge in [0, 0.05) is 6.61 Å². The molecule has 0 amide bonds. The highest BCUT2D eigenvalue weighted by atomic mass is 32.2. The van der Waals surface area contributed by atoms with E-state index in [1.807, 2.05) is 0 Å². The monoisotopic (exact) mass is 276 g/mol. The molecule has 0 aliphatic rings. The van der Waals surface area contributed by atoms with Gasteiger partial charge in [-0.3, -0.25) is 0 Å². The minimum atomic E-state index is -3.94. The van der Waals surface area contributed by atoms with Crippen LogP contribution in [0.2, 0.25) is 0 Å². The first kappa shape index (κ1) is 16.5. The summed E-state index contributed by atoms with van der Waals surface area (Å²) in [6.45, 7) is -0.0621. The lowest BCUT2D eigenvalue weighted by Crippen LogP contribution is -2.27. The number of hydrogen-bond acceptors (Lipinski definition) is 7. The van der Waals surface area contributed by atoms with Crippen molar-refractivity contribution in [3.05, 3.63) is 0 Å². The van der Waals surface area contributed by atoms with Crippen LogP contribution in [0.1, 0.15) is 25.7 Å².